The fourth-order valence-corrected chi connectivity index (χ4v) is 9.23. The Bertz CT molecular complexity index is 1510. The first kappa shape index (κ1) is 52.7. The van der Waals surface area contributed by atoms with Crippen molar-refractivity contribution in [1.29, 1.82) is 0 Å². The molecule has 4 aliphatic rings. The summed E-state index contributed by atoms with van der Waals surface area (Å²) in [4.78, 5) is 49.6. The molecule has 0 unspecified atom stereocenters. The molecule has 0 bridgehead atoms. The molecule has 4 aliphatic heterocycles. The van der Waals surface area contributed by atoms with Crippen LogP contribution in [0.5, 0.6) is 0 Å². The Morgan fingerprint density at radius 3 is 1.51 bits per heavy atom. The van der Waals surface area contributed by atoms with E-state index in [0.29, 0.717) is 52.3 Å². The summed E-state index contributed by atoms with van der Waals surface area (Å²) in [6, 6.07) is -0.908. The zero-order valence-electron chi connectivity index (χ0n) is 35.8. The second-order valence-corrected chi connectivity index (χ2v) is 18.9. The molecule has 0 radical (unpaired) electrons. The predicted molar refractivity (Wildman–Crippen MR) is 216 cm³/mol. The monoisotopic (exact) mass is 854 g/mol. The smallest absolute Gasteiger partial charge is 0.377 e. The average Bonchev–Trinajstić information content (AvgIpc) is 3.91. The van der Waals surface area contributed by atoms with Crippen molar-refractivity contribution in [3.63, 3.8) is 0 Å². The van der Waals surface area contributed by atoms with Gasteiger partial charge in [0.1, 0.15) is 12.1 Å². The SMILES string of the molecule is CCOC(=O)[C@@H]1CN(B(C)O)C[C@H]1C.CCOC(=O)[C@H]1CCN(S(C)(=O)=O)C1.CCOC(=O)[C@H]1[C@H](C)CCN1B(C)O.CCOC(=O)[C@H]1[C@H](C)CCN1S(C)(=O)=O. The van der Waals surface area contributed by atoms with E-state index in [2.05, 4.69) is 0 Å². The second-order valence-electron chi connectivity index (χ2n) is 14.9. The largest absolute Gasteiger partial charge is 0.466 e. The predicted octanol–water partition coefficient (Wildman–Crippen LogP) is 0.648. The molecule has 330 valence electrons. The maximum absolute atomic E-state index is 11.6. The maximum atomic E-state index is 11.6. The van der Waals surface area contributed by atoms with E-state index in [4.69, 9.17) is 18.9 Å². The minimum Gasteiger partial charge on any atom is -0.466 e. The number of sulfonamides is 2. The van der Waals surface area contributed by atoms with Gasteiger partial charge in [-0.1, -0.05) is 20.8 Å². The molecule has 0 aromatic carbocycles. The molecule has 0 aromatic heterocycles. The van der Waals surface area contributed by atoms with Crippen molar-refractivity contribution in [2.24, 2.45) is 29.6 Å². The van der Waals surface area contributed by atoms with Crippen LogP contribution in [0.4, 0.5) is 0 Å². The van der Waals surface area contributed by atoms with Gasteiger partial charge in [-0.15, -0.1) is 0 Å². The molecule has 0 saturated carbocycles. The zero-order valence-corrected chi connectivity index (χ0v) is 37.4. The molecule has 57 heavy (non-hydrogen) atoms. The van der Waals surface area contributed by atoms with Crippen LogP contribution in [0.1, 0.15) is 67.7 Å². The molecule has 7 atom stereocenters. The first-order chi connectivity index (χ1) is 26.5. The summed E-state index contributed by atoms with van der Waals surface area (Å²) in [5.74, 6) is -0.881. The lowest BCUT2D eigenvalue weighted by Gasteiger charge is -2.25. The maximum Gasteiger partial charge on any atom is 0.377 e. The molecule has 0 spiro atoms. The van der Waals surface area contributed by atoms with Gasteiger partial charge in [-0.2, -0.15) is 4.31 Å². The van der Waals surface area contributed by atoms with Gasteiger partial charge < -0.3 is 38.6 Å². The Morgan fingerprint density at radius 1 is 0.596 bits per heavy atom. The van der Waals surface area contributed by atoms with E-state index in [1.807, 2.05) is 32.5 Å². The summed E-state index contributed by atoms with van der Waals surface area (Å²) in [7, 11) is -7.52. The summed E-state index contributed by atoms with van der Waals surface area (Å²) < 4.78 is 67.3. The first-order valence-electron chi connectivity index (χ1n) is 19.9. The number of nitrogens with zero attached hydrogens (tertiary/aromatic N) is 4. The highest BCUT2D eigenvalue weighted by molar-refractivity contribution is 7.88. The lowest BCUT2D eigenvalue weighted by Crippen LogP contribution is -2.47. The molecule has 4 saturated heterocycles. The van der Waals surface area contributed by atoms with E-state index >= 15 is 0 Å². The summed E-state index contributed by atoms with van der Waals surface area (Å²) in [5.41, 5.74) is 0. The number of carbonyl (C=O) groups is 4. The van der Waals surface area contributed by atoms with Crippen molar-refractivity contribution in [3.8, 4) is 0 Å². The van der Waals surface area contributed by atoms with Crippen molar-refractivity contribution in [2.45, 2.75) is 93.5 Å². The van der Waals surface area contributed by atoms with Gasteiger partial charge in [0.2, 0.25) is 20.0 Å². The van der Waals surface area contributed by atoms with Crippen LogP contribution in [0.15, 0.2) is 0 Å². The Labute approximate surface area is 341 Å². The Morgan fingerprint density at radius 2 is 1.07 bits per heavy atom. The fraction of sp³-hybridized carbons (Fsp3) is 0.886. The highest BCUT2D eigenvalue weighted by Crippen LogP contribution is 2.28. The molecule has 0 amide bonds. The van der Waals surface area contributed by atoms with Gasteiger partial charge in [0.05, 0.1) is 50.8 Å². The number of esters is 4. The van der Waals surface area contributed by atoms with Crippen molar-refractivity contribution < 1.29 is 65.0 Å². The molecule has 2 N–H and O–H groups in total. The second kappa shape index (κ2) is 24.7. The van der Waals surface area contributed by atoms with Crippen LogP contribution in [0.25, 0.3) is 0 Å². The van der Waals surface area contributed by atoms with Gasteiger partial charge in [0.25, 0.3) is 0 Å². The zero-order chi connectivity index (χ0) is 43.8. The van der Waals surface area contributed by atoms with Gasteiger partial charge in [-0.05, 0) is 91.4 Å². The molecular weight excluding hydrogens is 786 g/mol. The van der Waals surface area contributed by atoms with Gasteiger partial charge in [0, 0.05) is 26.2 Å². The Kier molecular flexibility index (Phi) is 22.8. The van der Waals surface area contributed by atoms with Gasteiger partial charge in [-0.25, -0.2) is 21.1 Å². The van der Waals surface area contributed by atoms with Gasteiger partial charge >= 0.3 is 38.0 Å². The van der Waals surface area contributed by atoms with E-state index in [0.717, 1.165) is 32.0 Å². The van der Waals surface area contributed by atoms with Gasteiger partial charge in [-0.3, -0.25) is 19.2 Å². The minimum absolute atomic E-state index is 0.0266. The molecule has 4 rings (SSSR count). The van der Waals surface area contributed by atoms with Crippen LogP contribution < -0.4 is 0 Å². The lowest BCUT2D eigenvalue weighted by molar-refractivity contribution is -0.149. The van der Waals surface area contributed by atoms with E-state index in [1.54, 1.807) is 39.2 Å². The van der Waals surface area contributed by atoms with E-state index < -0.39 is 46.2 Å². The van der Waals surface area contributed by atoms with Crippen LogP contribution in [0, 0.1) is 29.6 Å². The molecular formula is C35H68B2N4O14S2. The van der Waals surface area contributed by atoms with Crippen LogP contribution in [0.3, 0.4) is 0 Å². The topological polar surface area (TPSA) is 227 Å². The van der Waals surface area contributed by atoms with E-state index in [1.165, 1.54) is 8.61 Å². The van der Waals surface area contributed by atoms with Crippen LogP contribution >= 0.6 is 0 Å². The molecule has 22 heteroatoms. The highest BCUT2D eigenvalue weighted by Gasteiger charge is 2.43. The summed E-state index contributed by atoms with van der Waals surface area (Å²) in [6.07, 6.45) is 4.48. The Hall–Kier alpha value is -2.33. The Balaban J connectivity index is 0.000000380. The number of rotatable bonds is 12. The van der Waals surface area contributed by atoms with Crippen LogP contribution in [0.2, 0.25) is 13.6 Å². The average molecular weight is 855 g/mol. The molecule has 0 aromatic rings. The lowest BCUT2D eigenvalue weighted by atomic mass is 9.83. The summed E-state index contributed by atoms with van der Waals surface area (Å²) in [5, 5.41) is 18.8. The number of hydrogen-bond acceptors (Lipinski definition) is 16. The third-order valence-electron chi connectivity index (χ3n) is 10.4. The van der Waals surface area contributed by atoms with E-state index in [-0.39, 0.29) is 66.7 Å². The number of hydrogen-bond donors (Lipinski definition) is 2. The van der Waals surface area contributed by atoms with E-state index in [9.17, 15) is 46.1 Å². The highest BCUT2D eigenvalue weighted by atomic mass is 32.2. The fourth-order valence-electron chi connectivity index (χ4n) is 7.20. The van der Waals surface area contributed by atoms with Crippen LogP contribution in [-0.2, 0) is 58.2 Å². The summed E-state index contributed by atoms with van der Waals surface area (Å²) in [6.45, 7) is 21.0. The summed E-state index contributed by atoms with van der Waals surface area (Å²) >= 11 is 0. The normalized spacial score (nSPS) is 26.8. The quantitative estimate of drug-likeness (QED) is 0.156. The van der Waals surface area contributed by atoms with Crippen molar-refractivity contribution in [1.82, 2.24) is 18.2 Å². The number of ether oxygens (including phenoxy) is 4. The molecule has 0 aliphatic carbocycles. The minimum atomic E-state index is -3.32. The molecule has 18 nitrogen and oxygen atoms in total. The van der Waals surface area contributed by atoms with Crippen molar-refractivity contribution >= 4 is 58.0 Å². The molecule has 4 heterocycles. The standard InChI is InChI=1S/2C9H18BNO3.C9H17NO4S.C8H15NO4S/c1-4-14-9(12)8-6-11(10(3)13)5-7(8)2;1-4-14-9(12)8-7(2)5-6-11(8)10(3)13;1-4-14-9(11)8-7(2)5-6-10(8)15(3,12)13;1-3-13-8(10)7-4-5-9(6-7)14(2,11)12/h2*7-8,13H,4-6H2,1-3H3;7-8H,4-6H2,1-3H3;7H,3-6H2,1-2H3/t3*7-,8-;7-/m1110/s1. The molecule has 4 fully saturated rings. The van der Waals surface area contributed by atoms with Crippen molar-refractivity contribution in [2.75, 3.05) is 78.2 Å². The van der Waals surface area contributed by atoms with Gasteiger partial charge in [0.15, 0.2) is 0 Å². The van der Waals surface area contributed by atoms with Crippen molar-refractivity contribution in [3.05, 3.63) is 0 Å². The number of carbonyl (C=O) groups excluding carboxylic acids is 4. The first-order valence-corrected chi connectivity index (χ1v) is 23.6. The third kappa shape index (κ3) is 16.7. The third-order valence-corrected chi connectivity index (χ3v) is 12.9. The van der Waals surface area contributed by atoms with Crippen LogP contribution in [-0.4, -0.2) is 173 Å².